The van der Waals surface area contributed by atoms with Crippen LogP contribution < -0.4 is 10.5 Å². The molecule has 3 rings (SSSR count). The summed E-state index contributed by atoms with van der Waals surface area (Å²) in [6.07, 6.45) is 2.75. The normalized spacial score (nSPS) is 13.4. The maximum Gasteiger partial charge on any atom is 0.127 e. The quantitative estimate of drug-likeness (QED) is 0.936. The number of ether oxygens (including phenoxy) is 1. The minimum Gasteiger partial charge on any atom is -0.493 e. The van der Waals surface area contributed by atoms with Crippen molar-refractivity contribution in [2.24, 2.45) is 5.73 Å². The Morgan fingerprint density at radius 3 is 3.00 bits per heavy atom. The first-order valence-corrected chi connectivity index (χ1v) is 6.72. The Kier molecular flexibility index (Phi) is 3.21. The Hall–Kier alpha value is -1.52. The summed E-state index contributed by atoms with van der Waals surface area (Å²) < 4.78 is 7.65. The molecule has 1 aromatic carbocycles. The molecule has 0 aliphatic carbocycles. The first kappa shape index (κ1) is 12.5. The van der Waals surface area contributed by atoms with Crippen LogP contribution in [-0.2, 0) is 19.5 Å². The van der Waals surface area contributed by atoms with Crippen LogP contribution >= 0.6 is 11.6 Å². The number of fused-ring (bicyclic) bond motifs is 1. The lowest BCUT2D eigenvalue weighted by Gasteiger charge is -2.10. The highest BCUT2D eigenvalue weighted by molar-refractivity contribution is 6.30. The number of halogens is 1. The van der Waals surface area contributed by atoms with Crippen LogP contribution in [0.1, 0.15) is 22.4 Å². The lowest BCUT2D eigenvalue weighted by Crippen LogP contribution is -2.06. The van der Waals surface area contributed by atoms with Crippen molar-refractivity contribution in [2.45, 2.75) is 26.4 Å². The summed E-state index contributed by atoms with van der Waals surface area (Å²) in [6.45, 7) is 3.93. The standard InChI is InChI=1S/C14H16ClN3O/c1-9-12(6-16)7-17-18(9)8-11-5-13(15)4-10-2-3-19-14(10)11/h4-5,7H,2-3,6,8,16H2,1H3. The largest absolute Gasteiger partial charge is 0.493 e. The Morgan fingerprint density at radius 2 is 2.26 bits per heavy atom. The van der Waals surface area contributed by atoms with Gasteiger partial charge in [-0.3, -0.25) is 4.68 Å². The van der Waals surface area contributed by atoms with Crippen LogP contribution in [0.25, 0.3) is 0 Å². The molecule has 0 saturated carbocycles. The van der Waals surface area contributed by atoms with Gasteiger partial charge in [0.1, 0.15) is 5.75 Å². The van der Waals surface area contributed by atoms with Crippen molar-refractivity contribution in [2.75, 3.05) is 6.61 Å². The fourth-order valence-corrected chi connectivity index (χ4v) is 2.73. The van der Waals surface area contributed by atoms with Gasteiger partial charge in [0.25, 0.3) is 0 Å². The lowest BCUT2D eigenvalue weighted by molar-refractivity contribution is 0.352. The third-order valence-electron chi connectivity index (χ3n) is 3.57. The zero-order valence-electron chi connectivity index (χ0n) is 10.8. The molecule has 0 bridgehead atoms. The van der Waals surface area contributed by atoms with Crippen molar-refractivity contribution in [1.29, 1.82) is 0 Å². The minimum absolute atomic E-state index is 0.510. The smallest absolute Gasteiger partial charge is 0.127 e. The number of hydrogen-bond acceptors (Lipinski definition) is 3. The van der Waals surface area contributed by atoms with Crippen molar-refractivity contribution in [3.63, 3.8) is 0 Å². The Balaban J connectivity index is 1.97. The molecule has 19 heavy (non-hydrogen) atoms. The van der Waals surface area contributed by atoms with Crippen LogP contribution in [-0.4, -0.2) is 16.4 Å². The summed E-state index contributed by atoms with van der Waals surface area (Å²) in [5, 5.41) is 5.13. The molecule has 0 saturated heterocycles. The van der Waals surface area contributed by atoms with Crippen molar-refractivity contribution < 1.29 is 4.74 Å². The first-order valence-electron chi connectivity index (χ1n) is 6.34. The van der Waals surface area contributed by atoms with Crippen LogP contribution in [0.3, 0.4) is 0 Å². The second-order valence-electron chi connectivity index (χ2n) is 4.77. The predicted octanol–water partition coefficient (Wildman–Crippen LogP) is 2.29. The van der Waals surface area contributed by atoms with E-state index in [0.29, 0.717) is 13.1 Å². The molecule has 0 atom stereocenters. The summed E-state index contributed by atoms with van der Waals surface area (Å²) in [7, 11) is 0. The molecular formula is C14H16ClN3O. The number of nitrogens with zero attached hydrogens (tertiary/aromatic N) is 2. The summed E-state index contributed by atoms with van der Waals surface area (Å²) in [5.41, 5.74) is 10.1. The monoisotopic (exact) mass is 277 g/mol. The highest BCUT2D eigenvalue weighted by Crippen LogP contribution is 2.33. The second kappa shape index (κ2) is 4.87. The van der Waals surface area contributed by atoms with E-state index < -0.39 is 0 Å². The van der Waals surface area contributed by atoms with Gasteiger partial charge in [-0.1, -0.05) is 11.6 Å². The van der Waals surface area contributed by atoms with Gasteiger partial charge >= 0.3 is 0 Å². The van der Waals surface area contributed by atoms with Crippen LogP contribution in [0.5, 0.6) is 5.75 Å². The summed E-state index contributed by atoms with van der Waals surface area (Å²) >= 11 is 6.16. The first-order chi connectivity index (χ1) is 9.19. The zero-order chi connectivity index (χ0) is 13.4. The highest BCUT2D eigenvalue weighted by atomic mass is 35.5. The third kappa shape index (κ3) is 2.22. The zero-order valence-corrected chi connectivity index (χ0v) is 11.6. The van der Waals surface area contributed by atoms with Gasteiger partial charge in [0, 0.05) is 34.8 Å². The van der Waals surface area contributed by atoms with Gasteiger partial charge in [0.15, 0.2) is 0 Å². The van der Waals surface area contributed by atoms with E-state index in [1.807, 2.05) is 29.9 Å². The SMILES string of the molecule is Cc1c(CN)cnn1Cc1cc(Cl)cc2c1OCC2. The van der Waals surface area contributed by atoms with E-state index in [1.165, 1.54) is 5.56 Å². The molecule has 100 valence electrons. The van der Waals surface area contributed by atoms with Gasteiger partial charge in [-0.25, -0.2) is 0 Å². The van der Waals surface area contributed by atoms with Crippen LogP contribution in [0, 0.1) is 6.92 Å². The fourth-order valence-electron chi connectivity index (χ4n) is 2.47. The van der Waals surface area contributed by atoms with E-state index in [1.54, 1.807) is 0 Å². The molecular weight excluding hydrogens is 262 g/mol. The van der Waals surface area contributed by atoms with Crippen molar-refractivity contribution in [1.82, 2.24) is 9.78 Å². The topological polar surface area (TPSA) is 53.1 Å². The number of benzene rings is 1. The van der Waals surface area contributed by atoms with Crippen molar-refractivity contribution in [3.05, 3.63) is 45.7 Å². The van der Waals surface area contributed by atoms with Gasteiger partial charge in [-0.15, -0.1) is 0 Å². The predicted molar refractivity (Wildman–Crippen MR) is 74.6 cm³/mol. The molecule has 1 aliphatic rings. The third-order valence-corrected chi connectivity index (χ3v) is 3.79. The molecule has 1 aromatic heterocycles. The maximum atomic E-state index is 6.16. The molecule has 0 spiro atoms. The van der Waals surface area contributed by atoms with Gasteiger partial charge in [-0.2, -0.15) is 5.10 Å². The molecule has 2 aromatic rings. The average molecular weight is 278 g/mol. The van der Waals surface area contributed by atoms with E-state index >= 15 is 0 Å². The molecule has 5 heteroatoms. The summed E-state index contributed by atoms with van der Waals surface area (Å²) in [4.78, 5) is 0. The van der Waals surface area contributed by atoms with Crippen molar-refractivity contribution in [3.8, 4) is 5.75 Å². The van der Waals surface area contributed by atoms with Gasteiger partial charge in [-0.05, 0) is 24.6 Å². The van der Waals surface area contributed by atoms with E-state index in [2.05, 4.69) is 5.10 Å². The lowest BCUT2D eigenvalue weighted by atomic mass is 10.1. The minimum atomic E-state index is 0.510. The summed E-state index contributed by atoms with van der Waals surface area (Å²) in [6, 6.07) is 3.93. The molecule has 0 fully saturated rings. The molecule has 0 radical (unpaired) electrons. The Labute approximate surface area is 117 Å². The van der Waals surface area contributed by atoms with Crippen LogP contribution in [0.15, 0.2) is 18.3 Å². The molecule has 4 nitrogen and oxygen atoms in total. The Morgan fingerprint density at radius 1 is 1.42 bits per heavy atom. The van der Waals surface area contributed by atoms with Gasteiger partial charge in [0.2, 0.25) is 0 Å². The molecule has 2 heterocycles. The van der Waals surface area contributed by atoms with Crippen LogP contribution in [0.4, 0.5) is 0 Å². The van der Waals surface area contributed by atoms with Gasteiger partial charge in [0.05, 0.1) is 19.3 Å². The number of aromatic nitrogens is 2. The maximum absolute atomic E-state index is 6.16. The number of rotatable bonds is 3. The van der Waals surface area contributed by atoms with Crippen LogP contribution in [0.2, 0.25) is 5.02 Å². The molecule has 0 unspecified atom stereocenters. The summed E-state index contributed by atoms with van der Waals surface area (Å²) in [5.74, 6) is 0.966. The fraction of sp³-hybridized carbons (Fsp3) is 0.357. The molecule has 2 N–H and O–H groups in total. The molecule has 0 amide bonds. The van der Waals surface area contributed by atoms with E-state index in [-0.39, 0.29) is 0 Å². The number of nitrogens with two attached hydrogens (primary N) is 1. The van der Waals surface area contributed by atoms with E-state index in [0.717, 1.165) is 40.6 Å². The van der Waals surface area contributed by atoms with Crippen molar-refractivity contribution >= 4 is 11.6 Å². The number of hydrogen-bond donors (Lipinski definition) is 1. The van der Waals surface area contributed by atoms with E-state index in [4.69, 9.17) is 22.1 Å². The van der Waals surface area contributed by atoms with Gasteiger partial charge < -0.3 is 10.5 Å². The Bertz CT molecular complexity index is 621. The van der Waals surface area contributed by atoms with E-state index in [9.17, 15) is 0 Å². The highest BCUT2D eigenvalue weighted by Gasteiger charge is 2.18. The second-order valence-corrected chi connectivity index (χ2v) is 5.21. The molecule has 1 aliphatic heterocycles. The average Bonchev–Trinajstić information content (AvgIpc) is 2.97.